The van der Waals surface area contributed by atoms with Crippen molar-refractivity contribution in [1.29, 1.82) is 0 Å². The quantitative estimate of drug-likeness (QED) is 0.645. The van der Waals surface area contributed by atoms with Crippen LogP contribution in [0.4, 0.5) is 5.69 Å². The minimum Gasteiger partial charge on any atom is -0.449 e. The molecular weight excluding hydrogens is 268 g/mol. The van der Waals surface area contributed by atoms with Crippen LogP contribution in [0, 0.1) is 6.92 Å². The molecule has 21 heavy (non-hydrogen) atoms. The molecule has 0 radical (unpaired) electrons. The van der Waals surface area contributed by atoms with Crippen LogP contribution in [0.3, 0.4) is 0 Å². The monoisotopic (exact) mass is 292 g/mol. The Bertz CT molecular complexity index is 538. The van der Waals surface area contributed by atoms with Crippen molar-refractivity contribution in [2.45, 2.75) is 52.7 Å². The van der Waals surface area contributed by atoms with Gasteiger partial charge in [-0.1, -0.05) is 19.1 Å². The van der Waals surface area contributed by atoms with E-state index in [0.717, 1.165) is 12.0 Å². The predicted octanol–water partition coefficient (Wildman–Crippen LogP) is 2.43. The van der Waals surface area contributed by atoms with Gasteiger partial charge in [0.05, 0.1) is 5.56 Å². The van der Waals surface area contributed by atoms with Crippen LogP contribution in [-0.4, -0.2) is 23.5 Å². The Morgan fingerprint density at radius 2 is 2.00 bits per heavy atom. The van der Waals surface area contributed by atoms with Crippen LogP contribution in [-0.2, 0) is 9.53 Å². The minimum absolute atomic E-state index is 0.282. The number of amides is 1. The van der Waals surface area contributed by atoms with Crippen LogP contribution < -0.4 is 11.1 Å². The number of nitrogens with two attached hydrogens (primary N) is 1. The Hall–Kier alpha value is -2.04. The van der Waals surface area contributed by atoms with Crippen LogP contribution >= 0.6 is 0 Å². The lowest BCUT2D eigenvalue weighted by atomic mass is 10.0. The fourth-order valence-corrected chi connectivity index (χ4v) is 1.66. The largest absolute Gasteiger partial charge is 0.449 e. The molecule has 0 aromatic heterocycles. The lowest BCUT2D eigenvalue weighted by Crippen LogP contribution is -2.47. The number of anilines is 1. The Morgan fingerprint density at radius 1 is 1.38 bits per heavy atom. The second-order valence-corrected chi connectivity index (χ2v) is 5.81. The number of benzene rings is 1. The van der Waals surface area contributed by atoms with Crippen molar-refractivity contribution in [3.8, 4) is 0 Å². The molecule has 0 aliphatic rings. The van der Waals surface area contributed by atoms with Gasteiger partial charge in [0.15, 0.2) is 6.10 Å². The molecular formula is C16H24N2O3. The second kappa shape index (κ2) is 6.61. The van der Waals surface area contributed by atoms with Gasteiger partial charge in [-0.15, -0.1) is 0 Å². The average Bonchev–Trinajstić information content (AvgIpc) is 2.41. The average molecular weight is 292 g/mol. The summed E-state index contributed by atoms with van der Waals surface area (Å²) >= 11 is 0. The van der Waals surface area contributed by atoms with Crippen molar-refractivity contribution >= 4 is 17.6 Å². The zero-order valence-electron chi connectivity index (χ0n) is 13.3. The number of carbonyl (C=O) groups is 2. The normalized spacial score (nSPS) is 12.6. The summed E-state index contributed by atoms with van der Waals surface area (Å²) in [6.07, 6.45) is -0.0900. The van der Waals surface area contributed by atoms with Gasteiger partial charge in [0.25, 0.3) is 5.91 Å². The van der Waals surface area contributed by atoms with E-state index in [1.54, 1.807) is 19.1 Å². The number of nitrogen functional groups attached to an aromatic ring is 1. The van der Waals surface area contributed by atoms with Crippen LogP contribution in [0.25, 0.3) is 0 Å². The van der Waals surface area contributed by atoms with E-state index >= 15 is 0 Å². The molecule has 1 aromatic rings. The number of nitrogens with one attached hydrogen (secondary N) is 1. The molecule has 0 saturated carbocycles. The molecule has 1 atom stereocenters. The molecule has 0 saturated heterocycles. The van der Waals surface area contributed by atoms with Gasteiger partial charge in [-0.25, -0.2) is 4.79 Å². The van der Waals surface area contributed by atoms with Crippen molar-refractivity contribution in [3.63, 3.8) is 0 Å². The van der Waals surface area contributed by atoms with Gasteiger partial charge in [0.1, 0.15) is 0 Å². The number of esters is 1. The highest BCUT2D eigenvalue weighted by Crippen LogP contribution is 2.18. The van der Waals surface area contributed by atoms with Crippen LogP contribution in [0.15, 0.2) is 18.2 Å². The number of para-hydroxylation sites is 1. The summed E-state index contributed by atoms with van der Waals surface area (Å²) in [5.41, 5.74) is 6.98. The molecule has 1 amide bonds. The molecule has 0 spiro atoms. The molecule has 0 aliphatic carbocycles. The molecule has 1 rings (SSSR count). The maximum Gasteiger partial charge on any atom is 0.341 e. The van der Waals surface area contributed by atoms with E-state index in [-0.39, 0.29) is 17.0 Å². The molecule has 3 N–H and O–H groups in total. The van der Waals surface area contributed by atoms with E-state index in [4.69, 9.17) is 10.5 Å². The van der Waals surface area contributed by atoms with Crippen molar-refractivity contribution in [2.75, 3.05) is 5.73 Å². The molecule has 116 valence electrons. The van der Waals surface area contributed by atoms with Crippen molar-refractivity contribution in [2.24, 2.45) is 0 Å². The van der Waals surface area contributed by atoms with Gasteiger partial charge in [-0.05, 0) is 45.7 Å². The lowest BCUT2D eigenvalue weighted by molar-refractivity contribution is -0.130. The third kappa shape index (κ3) is 4.48. The van der Waals surface area contributed by atoms with Crippen LogP contribution in [0.2, 0.25) is 0 Å². The van der Waals surface area contributed by atoms with Gasteiger partial charge in [-0.2, -0.15) is 0 Å². The number of ether oxygens (including phenoxy) is 1. The fourth-order valence-electron chi connectivity index (χ4n) is 1.66. The highest BCUT2D eigenvalue weighted by atomic mass is 16.5. The lowest BCUT2D eigenvalue weighted by Gasteiger charge is -2.26. The zero-order chi connectivity index (χ0) is 16.2. The van der Waals surface area contributed by atoms with Crippen LogP contribution in [0.1, 0.15) is 50.0 Å². The van der Waals surface area contributed by atoms with E-state index in [9.17, 15) is 9.59 Å². The maximum atomic E-state index is 12.1. The topological polar surface area (TPSA) is 81.4 Å². The molecule has 0 aliphatic heterocycles. The third-order valence-electron chi connectivity index (χ3n) is 3.54. The molecule has 0 heterocycles. The maximum absolute atomic E-state index is 12.1. The van der Waals surface area contributed by atoms with Crippen LogP contribution in [0.5, 0.6) is 0 Å². The first-order valence-electron chi connectivity index (χ1n) is 7.06. The zero-order valence-corrected chi connectivity index (χ0v) is 13.3. The number of carbonyl (C=O) groups excluding carboxylic acids is 2. The Labute approximate surface area is 125 Å². The number of rotatable bonds is 5. The third-order valence-corrected chi connectivity index (χ3v) is 3.54. The Kier molecular flexibility index (Phi) is 5.35. The molecule has 5 nitrogen and oxygen atoms in total. The van der Waals surface area contributed by atoms with Crippen molar-refractivity contribution in [1.82, 2.24) is 5.32 Å². The summed E-state index contributed by atoms with van der Waals surface area (Å²) in [4.78, 5) is 24.1. The number of hydrogen-bond donors (Lipinski definition) is 2. The van der Waals surface area contributed by atoms with Gasteiger partial charge < -0.3 is 15.8 Å². The second-order valence-electron chi connectivity index (χ2n) is 5.81. The van der Waals surface area contributed by atoms with Gasteiger partial charge in [0.2, 0.25) is 0 Å². The molecule has 1 unspecified atom stereocenters. The highest BCUT2D eigenvalue weighted by molar-refractivity contribution is 5.97. The van der Waals surface area contributed by atoms with E-state index in [2.05, 4.69) is 5.32 Å². The minimum atomic E-state index is -0.872. The fraction of sp³-hybridized carbons (Fsp3) is 0.500. The standard InChI is InChI=1S/C16H24N2O3/c1-6-16(4,5)18-14(19)11(3)21-15(20)12-9-7-8-10(2)13(12)17/h7-9,11H,6,17H2,1-5H3,(H,18,19). The van der Waals surface area contributed by atoms with Gasteiger partial charge in [0, 0.05) is 11.2 Å². The van der Waals surface area contributed by atoms with Crippen molar-refractivity contribution in [3.05, 3.63) is 29.3 Å². The number of aryl methyl sites for hydroxylation is 1. The summed E-state index contributed by atoms with van der Waals surface area (Å²) < 4.78 is 5.19. The predicted molar refractivity (Wildman–Crippen MR) is 83.0 cm³/mol. The van der Waals surface area contributed by atoms with Gasteiger partial charge in [-0.3, -0.25) is 4.79 Å². The molecule has 1 aromatic carbocycles. The summed E-state index contributed by atoms with van der Waals surface area (Å²) in [5, 5.41) is 2.84. The smallest absolute Gasteiger partial charge is 0.341 e. The summed E-state index contributed by atoms with van der Waals surface area (Å²) in [7, 11) is 0. The molecule has 0 bridgehead atoms. The first-order valence-corrected chi connectivity index (χ1v) is 7.06. The summed E-state index contributed by atoms with van der Waals surface area (Å²) in [5.74, 6) is -0.908. The molecule has 5 heteroatoms. The van der Waals surface area contributed by atoms with Gasteiger partial charge >= 0.3 is 5.97 Å². The first-order chi connectivity index (χ1) is 9.68. The summed E-state index contributed by atoms with van der Waals surface area (Å²) in [6.45, 7) is 9.16. The first kappa shape index (κ1) is 17.0. The summed E-state index contributed by atoms with van der Waals surface area (Å²) in [6, 6.07) is 5.13. The van der Waals surface area contributed by atoms with E-state index in [1.807, 2.05) is 33.8 Å². The molecule has 0 fully saturated rings. The SMILES string of the molecule is CCC(C)(C)NC(=O)C(C)OC(=O)c1cccc(C)c1N. The van der Waals surface area contributed by atoms with E-state index in [1.165, 1.54) is 0 Å². The van der Waals surface area contributed by atoms with E-state index < -0.39 is 12.1 Å². The van der Waals surface area contributed by atoms with Crippen molar-refractivity contribution < 1.29 is 14.3 Å². The highest BCUT2D eigenvalue weighted by Gasteiger charge is 2.25. The Morgan fingerprint density at radius 3 is 2.57 bits per heavy atom. The Balaban J connectivity index is 2.74. The number of hydrogen-bond acceptors (Lipinski definition) is 4. The van der Waals surface area contributed by atoms with E-state index in [0.29, 0.717) is 5.69 Å².